The number of aromatic nitrogens is 2. The summed E-state index contributed by atoms with van der Waals surface area (Å²) in [6.45, 7) is 8.78. The van der Waals surface area contributed by atoms with Crippen LogP contribution in [-0.4, -0.2) is 15.6 Å². The van der Waals surface area contributed by atoms with Crippen LogP contribution in [0.4, 0.5) is 0 Å². The number of rotatable bonds is 4. The molecule has 1 heterocycles. The molecule has 0 unspecified atom stereocenters. The molecule has 100 valence electrons. The molecule has 0 aliphatic heterocycles. The number of hydrogen-bond acceptors (Lipinski definition) is 2. The quantitative estimate of drug-likeness (QED) is 0.787. The Morgan fingerprint density at radius 1 is 1.21 bits per heavy atom. The number of nitrogens with zero attached hydrogens (tertiary/aromatic N) is 2. The summed E-state index contributed by atoms with van der Waals surface area (Å²) in [6, 6.07) is 7.84. The van der Waals surface area contributed by atoms with Gasteiger partial charge in [-0.1, -0.05) is 30.7 Å². The van der Waals surface area contributed by atoms with Crippen molar-refractivity contribution in [1.82, 2.24) is 9.78 Å². The average Bonchev–Trinajstić information content (AvgIpc) is 2.81. The monoisotopic (exact) mass is 256 g/mol. The van der Waals surface area contributed by atoms with Crippen LogP contribution in [0.5, 0.6) is 0 Å². The fourth-order valence-electron chi connectivity index (χ4n) is 2.27. The number of aryl methyl sites for hydroxylation is 4. The minimum Gasteiger partial charge on any atom is -0.287 e. The van der Waals surface area contributed by atoms with Crippen molar-refractivity contribution in [3.8, 4) is 0 Å². The summed E-state index contributed by atoms with van der Waals surface area (Å²) in [4.78, 5) is 12.6. The number of carbonyl (C=O) groups is 1. The Kier molecular flexibility index (Phi) is 3.84. The van der Waals surface area contributed by atoms with Crippen molar-refractivity contribution in [2.24, 2.45) is 0 Å². The average molecular weight is 256 g/mol. The van der Waals surface area contributed by atoms with E-state index in [4.69, 9.17) is 0 Å². The molecule has 0 N–H and O–H groups in total. The van der Waals surface area contributed by atoms with Gasteiger partial charge in [-0.3, -0.25) is 9.48 Å². The van der Waals surface area contributed by atoms with E-state index in [0.717, 1.165) is 23.2 Å². The second-order valence-corrected chi connectivity index (χ2v) is 4.84. The first kappa shape index (κ1) is 13.5. The highest BCUT2D eigenvalue weighted by Gasteiger charge is 2.17. The van der Waals surface area contributed by atoms with Crippen molar-refractivity contribution < 1.29 is 4.79 Å². The lowest BCUT2D eigenvalue weighted by Gasteiger charge is -2.07. The minimum atomic E-state index is 0.0616. The van der Waals surface area contributed by atoms with Crippen LogP contribution in [0.15, 0.2) is 24.3 Å². The molecule has 1 aromatic heterocycles. The lowest BCUT2D eigenvalue weighted by atomic mass is 10.0. The summed E-state index contributed by atoms with van der Waals surface area (Å²) in [5, 5.41) is 4.44. The molecule has 1 aromatic carbocycles. The van der Waals surface area contributed by atoms with Gasteiger partial charge in [-0.15, -0.1) is 0 Å². The first-order valence-electron chi connectivity index (χ1n) is 6.75. The standard InChI is InChI=1S/C16H20N2O/c1-5-13-10-15(18(6-2)17-13)16(19)14-8-7-11(3)9-12(14)4/h7-10H,5-6H2,1-4H3. The lowest BCUT2D eigenvalue weighted by Crippen LogP contribution is -2.11. The molecule has 2 aromatic rings. The van der Waals surface area contributed by atoms with Gasteiger partial charge in [0.05, 0.1) is 5.69 Å². The molecule has 0 radical (unpaired) electrons. The fraction of sp³-hybridized carbons (Fsp3) is 0.375. The van der Waals surface area contributed by atoms with Gasteiger partial charge in [0.1, 0.15) is 5.69 Å². The van der Waals surface area contributed by atoms with Gasteiger partial charge in [0.2, 0.25) is 5.78 Å². The van der Waals surface area contributed by atoms with Crippen LogP contribution >= 0.6 is 0 Å². The predicted molar refractivity (Wildman–Crippen MR) is 76.6 cm³/mol. The Morgan fingerprint density at radius 3 is 2.53 bits per heavy atom. The zero-order chi connectivity index (χ0) is 14.0. The van der Waals surface area contributed by atoms with Crippen LogP contribution in [0.1, 0.15) is 46.7 Å². The molecule has 0 amide bonds. The van der Waals surface area contributed by atoms with E-state index in [2.05, 4.69) is 5.10 Å². The van der Waals surface area contributed by atoms with Crippen molar-refractivity contribution in [3.05, 3.63) is 52.3 Å². The molecule has 0 atom stereocenters. The molecule has 0 aliphatic rings. The summed E-state index contributed by atoms with van der Waals surface area (Å²) in [5.74, 6) is 0.0616. The van der Waals surface area contributed by atoms with Gasteiger partial charge >= 0.3 is 0 Å². The number of carbonyl (C=O) groups excluding carboxylic acids is 1. The van der Waals surface area contributed by atoms with Crippen LogP contribution in [0, 0.1) is 13.8 Å². The van der Waals surface area contributed by atoms with E-state index in [-0.39, 0.29) is 5.78 Å². The second-order valence-electron chi connectivity index (χ2n) is 4.84. The van der Waals surface area contributed by atoms with Gasteiger partial charge in [-0.2, -0.15) is 5.10 Å². The fourth-order valence-corrected chi connectivity index (χ4v) is 2.27. The maximum Gasteiger partial charge on any atom is 0.211 e. The molecular formula is C16H20N2O. The van der Waals surface area contributed by atoms with Gasteiger partial charge in [0.15, 0.2) is 0 Å². The third-order valence-electron chi connectivity index (χ3n) is 3.35. The molecule has 3 heteroatoms. The molecule has 2 rings (SSSR count). The van der Waals surface area contributed by atoms with Crippen LogP contribution in [0.2, 0.25) is 0 Å². The van der Waals surface area contributed by atoms with Crippen molar-refractivity contribution >= 4 is 5.78 Å². The Balaban J connectivity index is 2.46. The van der Waals surface area contributed by atoms with E-state index in [1.165, 1.54) is 5.56 Å². The van der Waals surface area contributed by atoms with Crippen LogP contribution < -0.4 is 0 Å². The highest BCUT2D eigenvalue weighted by Crippen LogP contribution is 2.17. The lowest BCUT2D eigenvalue weighted by molar-refractivity contribution is 0.102. The predicted octanol–water partition coefficient (Wildman–Crippen LogP) is 3.31. The Hall–Kier alpha value is -1.90. The van der Waals surface area contributed by atoms with E-state index in [9.17, 15) is 4.79 Å². The van der Waals surface area contributed by atoms with E-state index in [0.29, 0.717) is 12.2 Å². The highest BCUT2D eigenvalue weighted by molar-refractivity contribution is 6.08. The van der Waals surface area contributed by atoms with Crippen LogP contribution in [-0.2, 0) is 13.0 Å². The Morgan fingerprint density at radius 2 is 1.95 bits per heavy atom. The summed E-state index contributed by atoms with van der Waals surface area (Å²) in [6.07, 6.45) is 0.847. The van der Waals surface area contributed by atoms with E-state index in [1.54, 1.807) is 4.68 Å². The smallest absolute Gasteiger partial charge is 0.211 e. The molecule has 0 bridgehead atoms. The third-order valence-corrected chi connectivity index (χ3v) is 3.35. The maximum absolute atomic E-state index is 12.6. The van der Waals surface area contributed by atoms with Crippen molar-refractivity contribution in [3.63, 3.8) is 0 Å². The van der Waals surface area contributed by atoms with Gasteiger partial charge in [-0.05, 0) is 38.8 Å². The Labute approximate surface area is 114 Å². The first-order chi connectivity index (χ1) is 9.06. The van der Waals surface area contributed by atoms with Crippen molar-refractivity contribution in [2.75, 3.05) is 0 Å². The largest absolute Gasteiger partial charge is 0.287 e. The molecule has 0 saturated heterocycles. The molecule has 0 fully saturated rings. The zero-order valence-corrected chi connectivity index (χ0v) is 12.0. The SMILES string of the molecule is CCc1cc(C(=O)c2ccc(C)cc2C)n(CC)n1. The summed E-state index contributed by atoms with van der Waals surface area (Å²) in [7, 11) is 0. The van der Waals surface area contributed by atoms with Gasteiger partial charge in [-0.25, -0.2) is 0 Å². The molecular weight excluding hydrogens is 236 g/mol. The maximum atomic E-state index is 12.6. The summed E-state index contributed by atoms with van der Waals surface area (Å²) in [5.41, 5.74) is 4.61. The minimum absolute atomic E-state index is 0.0616. The number of ketones is 1. The highest BCUT2D eigenvalue weighted by atomic mass is 16.1. The second kappa shape index (κ2) is 5.39. The van der Waals surface area contributed by atoms with E-state index >= 15 is 0 Å². The van der Waals surface area contributed by atoms with Crippen LogP contribution in [0.3, 0.4) is 0 Å². The number of benzene rings is 1. The summed E-state index contributed by atoms with van der Waals surface area (Å²) < 4.78 is 1.79. The summed E-state index contributed by atoms with van der Waals surface area (Å²) >= 11 is 0. The van der Waals surface area contributed by atoms with E-state index < -0.39 is 0 Å². The van der Waals surface area contributed by atoms with Gasteiger partial charge < -0.3 is 0 Å². The number of hydrogen-bond donors (Lipinski definition) is 0. The molecule has 19 heavy (non-hydrogen) atoms. The molecule has 0 saturated carbocycles. The first-order valence-corrected chi connectivity index (χ1v) is 6.75. The van der Waals surface area contributed by atoms with Gasteiger partial charge in [0.25, 0.3) is 0 Å². The normalized spacial score (nSPS) is 10.7. The van der Waals surface area contributed by atoms with Crippen molar-refractivity contribution in [1.29, 1.82) is 0 Å². The molecule has 0 aliphatic carbocycles. The van der Waals surface area contributed by atoms with E-state index in [1.807, 2.05) is 52.0 Å². The van der Waals surface area contributed by atoms with Gasteiger partial charge in [0, 0.05) is 12.1 Å². The zero-order valence-electron chi connectivity index (χ0n) is 12.0. The third kappa shape index (κ3) is 2.60. The molecule has 3 nitrogen and oxygen atoms in total. The van der Waals surface area contributed by atoms with Crippen molar-refractivity contribution in [2.45, 2.75) is 40.7 Å². The topological polar surface area (TPSA) is 34.9 Å². The van der Waals surface area contributed by atoms with Crippen LogP contribution in [0.25, 0.3) is 0 Å². The molecule has 0 spiro atoms. The Bertz CT molecular complexity index is 611.